The molecule has 3 heteroatoms. The molecular formula is C18H14N2O. The zero-order chi connectivity index (χ0) is 15.1. The van der Waals surface area contributed by atoms with E-state index in [2.05, 4.69) is 6.07 Å². The molecule has 0 N–H and O–H groups in total. The summed E-state index contributed by atoms with van der Waals surface area (Å²) in [5.74, 6) is 0.709. The number of aryl methyl sites for hydroxylation is 1. The molecule has 2 rings (SSSR count). The van der Waals surface area contributed by atoms with Crippen LogP contribution in [0.1, 0.15) is 16.7 Å². The molecule has 3 nitrogen and oxygen atoms in total. The van der Waals surface area contributed by atoms with Crippen LogP contribution in [0.5, 0.6) is 5.75 Å². The summed E-state index contributed by atoms with van der Waals surface area (Å²) in [6, 6.07) is 19.1. The molecule has 0 amide bonds. The maximum atomic E-state index is 8.76. The van der Waals surface area contributed by atoms with E-state index in [4.69, 9.17) is 15.3 Å². The smallest absolute Gasteiger partial charge is 0.130 e. The Balaban J connectivity index is 2.10. The molecule has 0 aliphatic rings. The molecule has 0 aliphatic carbocycles. The van der Waals surface area contributed by atoms with Gasteiger partial charge in [0.15, 0.2) is 0 Å². The van der Waals surface area contributed by atoms with Crippen LogP contribution in [-0.2, 0) is 6.61 Å². The standard InChI is InChI=1S/C18H14N2O/c1-14-4-2-6-16(8-14)13-21-18-7-3-5-15(10-18)9-17(11-19)12-20/h2-10H,13H2,1H3. The van der Waals surface area contributed by atoms with Crippen molar-refractivity contribution in [3.05, 3.63) is 70.8 Å². The first-order valence-electron chi connectivity index (χ1n) is 6.51. The summed E-state index contributed by atoms with van der Waals surface area (Å²) in [6.07, 6.45) is 1.54. The minimum atomic E-state index is 0.0748. The van der Waals surface area contributed by atoms with Gasteiger partial charge in [0, 0.05) is 0 Å². The maximum absolute atomic E-state index is 8.76. The van der Waals surface area contributed by atoms with Gasteiger partial charge in [-0.3, -0.25) is 0 Å². The molecule has 0 heterocycles. The monoisotopic (exact) mass is 274 g/mol. The molecule has 0 bridgehead atoms. The summed E-state index contributed by atoms with van der Waals surface area (Å²) < 4.78 is 5.74. The van der Waals surface area contributed by atoms with Gasteiger partial charge < -0.3 is 4.74 Å². The highest BCUT2D eigenvalue weighted by Gasteiger charge is 1.99. The van der Waals surface area contributed by atoms with E-state index in [9.17, 15) is 0 Å². The average Bonchev–Trinajstić information content (AvgIpc) is 2.51. The van der Waals surface area contributed by atoms with Crippen LogP contribution in [0, 0.1) is 29.6 Å². The topological polar surface area (TPSA) is 56.8 Å². The van der Waals surface area contributed by atoms with Gasteiger partial charge in [-0.1, -0.05) is 42.0 Å². The minimum Gasteiger partial charge on any atom is -0.489 e. The van der Waals surface area contributed by atoms with Crippen LogP contribution in [0.25, 0.3) is 6.08 Å². The second kappa shape index (κ2) is 6.93. The van der Waals surface area contributed by atoms with E-state index >= 15 is 0 Å². The van der Waals surface area contributed by atoms with Crippen molar-refractivity contribution in [2.45, 2.75) is 13.5 Å². The van der Waals surface area contributed by atoms with Crippen molar-refractivity contribution in [1.82, 2.24) is 0 Å². The number of ether oxygens (including phenoxy) is 1. The summed E-state index contributed by atoms with van der Waals surface area (Å²) in [5.41, 5.74) is 3.15. The van der Waals surface area contributed by atoms with Gasteiger partial charge in [0.1, 0.15) is 30.1 Å². The van der Waals surface area contributed by atoms with Crippen LogP contribution in [-0.4, -0.2) is 0 Å². The van der Waals surface area contributed by atoms with Gasteiger partial charge >= 0.3 is 0 Å². The summed E-state index contributed by atoms with van der Waals surface area (Å²) in [4.78, 5) is 0. The molecule has 0 aromatic heterocycles. The fraction of sp³-hybridized carbons (Fsp3) is 0.111. The van der Waals surface area contributed by atoms with E-state index in [-0.39, 0.29) is 5.57 Å². The lowest BCUT2D eigenvalue weighted by Crippen LogP contribution is -1.95. The Hall–Kier alpha value is -3.04. The fourth-order valence-corrected chi connectivity index (χ4v) is 1.92. The van der Waals surface area contributed by atoms with Crippen molar-refractivity contribution in [1.29, 1.82) is 10.5 Å². The lowest BCUT2D eigenvalue weighted by atomic mass is 10.1. The summed E-state index contributed by atoms with van der Waals surface area (Å²) in [7, 11) is 0. The first-order valence-corrected chi connectivity index (χ1v) is 6.51. The molecule has 0 saturated heterocycles. The zero-order valence-electron chi connectivity index (χ0n) is 11.7. The molecule has 21 heavy (non-hydrogen) atoms. The number of nitrogens with zero attached hydrogens (tertiary/aromatic N) is 2. The van der Waals surface area contributed by atoms with Gasteiger partial charge in [0.05, 0.1) is 0 Å². The van der Waals surface area contributed by atoms with Crippen molar-refractivity contribution in [2.75, 3.05) is 0 Å². The van der Waals surface area contributed by atoms with Crippen LogP contribution in [0.3, 0.4) is 0 Å². The molecule has 0 spiro atoms. The van der Waals surface area contributed by atoms with Crippen molar-refractivity contribution < 1.29 is 4.74 Å². The molecule has 0 fully saturated rings. The van der Waals surface area contributed by atoms with Crippen molar-refractivity contribution in [3.63, 3.8) is 0 Å². The van der Waals surface area contributed by atoms with E-state index in [0.29, 0.717) is 12.4 Å². The third-order valence-electron chi connectivity index (χ3n) is 2.90. The molecule has 102 valence electrons. The second-order valence-electron chi connectivity index (χ2n) is 4.63. The van der Waals surface area contributed by atoms with E-state index < -0.39 is 0 Å². The Morgan fingerprint density at radius 3 is 2.57 bits per heavy atom. The van der Waals surface area contributed by atoms with Gasteiger partial charge in [0.2, 0.25) is 0 Å². The predicted molar refractivity (Wildman–Crippen MR) is 81.2 cm³/mol. The third-order valence-corrected chi connectivity index (χ3v) is 2.90. The SMILES string of the molecule is Cc1cccc(COc2cccc(C=C(C#N)C#N)c2)c1. The summed E-state index contributed by atoms with van der Waals surface area (Å²) >= 11 is 0. The molecule has 0 saturated carbocycles. The van der Waals surface area contributed by atoms with Gasteiger partial charge in [-0.15, -0.1) is 0 Å². The third kappa shape index (κ3) is 4.23. The van der Waals surface area contributed by atoms with Crippen LogP contribution in [0.4, 0.5) is 0 Å². The Bertz CT molecular complexity index is 732. The molecule has 2 aromatic rings. The normalized spacial score (nSPS) is 9.29. The Morgan fingerprint density at radius 1 is 1.10 bits per heavy atom. The highest BCUT2D eigenvalue weighted by molar-refractivity contribution is 5.62. The molecule has 0 radical (unpaired) electrons. The van der Waals surface area contributed by atoms with Crippen LogP contribution >= 0.6 is 0 Å². The van der Waals surface area contributed by atoms with Crippen molar-refractivity contribution >= 4 is 6.08 Å². The van der Waals surface area contributed by atoms with Crippen molar-refractivity contribution in [3.8, 4) is 17.9 Å². The van der Waals surface area contributed by atoms with Crippen molar-refractivity contribution in [2.24, 2.45) is 0 Å². The largest absolute Gasteiger partial charge is 0.489 e. The summed E-state index contributed by atoms with van der Waals surface area (Å²) in [6.45, 7) is 2.53. The predicted octanol–water partition coefficient (Wildman–Crippen LogP) is 4.00. The van der Waals surface area contributed by atoms with Gasteiger partial charge in [-0.25, -0.2) is 0 Å². The fourth-order valence-electron chi connectivity index (χ4n) is 1.92. The number of hydrogen-bond acceptors (Lipinski definition) is 3. The Morgan fingerprint density at radius 2 is 1.86 bits per heavy atom. The first kappa shape index (κ1) is 14.4. The minimum absolute atomic E-state index is 0.0748. The van der Waals surface area contributed by atoms with Gasteiger partial charge in [-0.2, -0.15) is 10.5 Å². The van der Waals surface area contributed by atoms with Gasteiger partial charge in [-0.05, 0) is 36.3 Å². The van der Waals surface area contributed by atoms with E-state index in [0.717, 1.165) is 11.1 Å². The molecule has 0 atom stereocenters. The molecular weight excluding hydrogens is 260 g/mol. The summed E-state index contributed by atoms with van der Waals surface area (Å²) in [5, 5.41) is 17.5. The van der Waals surface area contributed by atoms with E-state index in [1.165, 1.54) is 5.56 Å². The van der Waals surface area contributed by atoms with Gasteiger partial charge in [0.25, 0.3) is 0 Å². The number of rotatable bonds is 4. The highest BCUT2D eigenvalue weighted by Crippen LogP contribution is 2.17. The van der Waals surface area contributed by atoms with Crippen LogP contribution in [0.15, 0.2) is 54.1 Å². The number of nitriles is 2. The second-order valence-corrected chi connectivity index (χ2v) is 4.63. The lowest BCUT2D eigenvalue weighted by Gasteiger charge is -2.07. The maximum Gasteiger partial charge on any atom is 0.130 e. The Labute approximate surface area is 124 Å². The molecule has 0 aliphatic heterocycles. The number of hydrogen-bond donors (Lipinski definition) is 0. The number of allylic oxidation sites excluding steroid dienone is 1. The molecule has 0 unspecified atom stereocenters. The van der Waals surface area contributed by atoms with E-state index in [1.54, 1.807) is 6.08 Å². The lowest BCUT2D eigenvalue weighted by molar-refractivity contribution is 0.306. The highest BCUT2D eigenvalue weighted by atomic mass is 16.5. The first-order chi connectivity index (χ1) is 10.2. The van der Waals surface area contributed by atoms with Crippen LogP contribution in [0.2, 0.25) is 0 Å². The quantitative estimate of drug-likeness (QED) is 0.792. The van der Waals surface area contributed by atoms with E-state index in [1.807, 2.05) is 61.5 Å². The average molecular weight is 274 g/mol. The molecule has 2 aromatic carbocycles. The zero-order valence-corrected chi connectivity index (χ0v) is 11.7. The number of benzene rings is 2. The Kier molecular flexibility index (Phi) is 4.75. The van der Waals surface area contributed by atoms with Crippen LogP contribution < -0.4 is 4.74 Å².